The maximum Gasteiger partial charge on any atom is 0.197 e. The fourth-order valence-corrected chi connectivity index (χ4v) is 2.46. The summed E-state index contributed by atoms with van der Waals surface area (Å²) < 4.78 is 2.82. The molecule has 2 aromatic heterocycles. The minimum absolute atomic E-state index is 0.215. The van der Waals surface area contributed by atoms with Gasteiger partial charge in [-0.3, -0.25) is 4.40 Å². The predicted octanol–water partition coefficient (Wildman–Crippen LogP) is 3.39. The molecule has 3 aromatic rings. The lowest BCUT2D eigenvalue weighted by molar-refractivity contribution is 0.443. The maximum atomic E-state index is 9.90. The highest BCUT2D eigenvalue weighted by molar-refractivity contribution is 9.10. The van der Waals surface area contributed by atoms with Gasteiger partial charge in [-0.1, -0.05) is 40.2 Å². The third-order valence-electron chi connectivity index (χ3n) is 2.91. The Morgan fingerprint density at radius 1 is 1.11 bits per heavy atom. The third-order valence-corrected chi connectivity index (χ3v) is 3.68. The number of fused-ring (bicyclic) bond motifs is 1. The lowest BCUT2D eigenvalue weighted by Gasteiger charge is -2.05. The average molecular weight is 303 g/mol. The van der Waals surface area contributed by atoms with E-state index in [9.17, 15) is 5.11 Å². The molecule has 0 fully saturated rings. The number of imidazole rings is 1. The van der Waals surface area contributed by atoms with Gasteiger partial charge in [-0.15, -0.1) is 0 Å². The van der Waals surface area contributed by atoms with Gasteiger partial charge in [0.2, 0.25) is 0 Å². The summed E-state index contributed by atoms with van der Waals surface area (Å²) in [6.07, 6.45) is 2.44. The Bertz CT molecular complexity index is 706. The summed E-state index contributed by atoms with van der Waals surface area (Å²) in [6, 6.07) is 13.4. The Balaban J connectivity index is 2.09. The van der Waals surface area contributed by atoms with Gasteiger partial charge in [-0.05, 0) is 23.8 Å². The smallest absolute Gasteiger partial charge is 0.197 e. The van der Waals surface area contributed by atoms with Crippen LogP contribution in [0.1, 0.15) is 11.4 Å². The van der Waals surface area contributed by atoms with Gasteiger partial charge in [0.25, 0.3) is 0 Å². The largest absolute Gasteiger partial charge is 0.494 e. The second-order valence-electron chi connectivity index (χ2n) is 4.09. The van der Waals surface area contributed by atoms with Gasteiger partial charge in [0, 0.05) is 10.9 Å². The van der Waals surface area contributed by atoms with Gasteiger partial charge >= 0.3 is 0 Å². The first-order valence-corrected chi connectivity index (χ1v) is 6.43. The fraction of sp³-hybridized carbons (Fsp3) is 0.0714. The van der Waals surface area contributed by atoms with Crippen molar-refractivity contribution in [1.82, 2.24) is 9.38 Å². The predicted molar refractivity (Wildman–Crippen MR) is 73.8 cm³/mol. The second kappa shape index (κ2) is 4.46. The number of benzene rings is 1. The van der Waals surface area contributed by atoms with Gasteiger partial charge in [-0.2, -0.15) is 0 Å². The van der Waals surface area contributed by atoms with E-state index < -0.39 is 0 Å². The third kappa shape index (κ3) is 1.88. The number of pyridine rings is 1. The Hall–Kier alpha value is -1.81. The van der Waals surface area contributed by atoms with Gasteiger partial charge in [0.15, 0.2) is 5.88 Å². The quantitative estimate of drug-likeness (QED) is 0.788. The molecular weight excluding hydrogens is 292 g/mol. The zero-order valence-corrected chi connectivity index (χ0v) is 11.1. The summed E-state index contributed by atoms with van der Waals surface area (Å²) >= 11 is 3.53. The Kier molecular flexibility index (Phi) is 2.80. The number of aromatic hydroxyl groups is 1. The molecule has 1 aromatic carbocycles. The van der Waals surface area contributed by atoms with E-state index in [0.29, 0.717) is 6.42 Å². The van der Waals surface area contributed by atoms with Crippen molar-refractivity contribution in [2.24, 2.45) is 0 Å². The average Bonchev–Trinajstić information content (AvgIpc) is 2.77. The standard InChI is InChI=1S/C14H11BrN2O/c15-12-6-2-1-4-10(12)8-13-16-9-11-5-3-7-14(18)17(11)13/h1-7,9,18H,8H2. The van der Waals surface area contributed by atoms with E-state index >= 15 is 0 Å². The molecule has 4 heteroatoms. The molecular formula is C14H11BrN2O. The van der Waals surface area contributed by atoms with Crippen molar-refractivity contribution in [2.75, 3.05) is 0 Å². The van der Waals surface area contributed by atoms with E-state index in [0.717, 1.165) is 21.4 Å². The summed E-state index contributed by atoms with van der Waals surface area (Å²) in [5.41, 5.74) is 2.05. The van der Waals surface area contributed by atoms with Crippen LogP contribution in [0.15, 0.2) is 53.1 Å². The van der Waals surface area contributed by atoms with Crippen LogP contribution in [-0.4, -0.2) is 14.5 Å². The van der Waals surface area contributed by atoms with Crippen molar-refractivity contribution >= 4 is 21.4 Å². The Morgan fingerprint density at radius 3 is 2.78 bits per heavy atom. The summed E-state index contributed by atoms with van der Waals surface area (Å²) in [5.74, 6) is 1.04. The van der Waals surface area contributed by atoms with Gasteiger partial charge in [0.05, 0.1) is 11.7 Å². The monoisotopic (exact) mass is 302 g/mol. The van der Waals surface area contributed by atoms with Crippen LogP contribution in [0.25, 0.3) is 5.52 Å². The van der Waals surface area contributed by atoms with Crippen LogP contribution in [-0.2, 0) is 6.42 Å². The van der Waals surface area contributed by atoms with Crippen LogP contribution in [0.3, 0.4) is 0 Å². The van der Waals surface area contributed by atoms with Gasteiger partial charge < -0.3 is 5.11 Å². The SMILES string of the molecule is Oc1cccc2cnc(Cc3ccccc3Br)n12. The fourth-order valence-electron chi connectivity index (χ4n) is 2.03. The first-order chi connectivity index (χ1) is 8.75. The molecule has 3 rings (SSSR count). The number of nitrogens with zero attached hydrogens (tertiary/aromatic N) is 2. The van der Waals surface area contributed by atoms with Crippen LogP contribution in [0.2, 0.25) is 0 Å². The van der Waals surface area contributed by atoms with Crippen LogP contribution >= 0.6 is 15.9 Å². The molecule has 0 bridgehead atoms. The summed E-state index contributed by atoms with van der Waals surface area (Å²) in [7, 11) is 0. The van der Waals surface area contributed by atoms with E-state index in [1.165, 1.54) is 0 Å². The molecule has 1 N–H and O–H groups in total. The molecule has 0 radical (unpaired) electrons. The molecule has 90 valence electrons. The highest BCUT2D eigenvalue weighted by Crippen LogP contribution is 2.22. The van der Waals surface area contributed by atoms with E-state index in [1.54, 1.807) is 16.7 Å². The maximum absolute atomic E-state index is 9.90. The van der Waals surface area contributed by atoms with Crippen molar-refractivity contribution in [2.45, 2.75) is 6.42 Å². The molecule has 0 unspecified atom stereocenters. The van der Waals surface area contributed by atoms with Gasteiger partial charge in [-0.25, -0.2) is 4.98 Å². The molecule has 0 aliphatic carbocycles. The zero-order valence-electron chi connectivity index (χ0n) is 9.55. The van der Waals surface area contributed by atoms with Crippen molar-refractivity contribution < 1.29 is 5.11 Å². The van der Waals surface area contributed by atoms with E-state index in [-0.39, 0.29) is 5.88 Å². The van der Waals surface area contributed by atoms with Crippen molar-refractivity contribution in [1.29, 1.82) is 0 Å². The van der Waals surface area contributed by atoms with E-state index in [2.05, 4.69) is 20.9 Å². The van der Waals surface area contributed by atoms with Gasteiger partial charge in [0.1, 0.15) is 5.82 Å². The van der Waals surface area contributed by atoms with E-state index in [1.807, 2.05) is 36.4 Å². The molecule has 0 saturated carbocycles. The van der Waals surface area contributed by atoms with Crippen LogP contribution in [0.4, 0.5) is 0 Å². The van der Waals surface area contributed by atoms with Crippen molar-refractivity contribution in [3.8, 4) is 5.88 Å². The highest BCUT2D eigenvalue weighted by atomic mass is 79.9. The molecule has 0 aliphatic heterocycles. The summed E-state index contributed by atoms with van der Waals surface area (Å²) in [4.78, 5) is 4.37. The zero-order chi connectivity index (χ0) is 12.5. The van der Waals surface area contributed by atoms with Crippen LogP contribution < -0.4 is 0 Å². The first-order valence-electron chi connectivity index (χ1n) is 5.63. The topological polar surface area (TPSA) is 37.5 Å². The molecule has 0 spiro atoms. The first kappa shape index (κ1) is 11.3. The summed E-state index contributed by atoms with van der Waals surface area (Å²) in [5, 5.41) is 9.90. The number of aromatic nitrogens is 2. The summed E-state index contributed by atoms with van der Waals surface area (Å²) in [6.45, 7) is 0. The highest BCUT2D eigenvalue weighted by Gasteiger charge is 2.09. The number of halogens is 1. The molecule has 0 atom stereocenters. The van der Waals surface area contributed by atoms with E-state index in [4.69, 9.17) is 0 Å². The number of rotatable bonds is 2. The van der Waals surface area contributed by atoms with Crippen LogP contribution in [0.5, 0.6) is 5.88 Å². The van der Waals surface area contributed by atoms with Crippen molar-refractivity contribution in [3.05, 3.63) is 64.5 Å². The Morgan fingerprint density at radius 2 is 1.94 bits per heavy atom. The second-order valence-corrected chi connectivity index (χ2v) is 4.94. The minimum atomic E-state index is 0.215. The molecule has 0 aliphatic rings. The molecule has 2 heterocycles. The molecule has 3 nitrogen and oxygen atoms in total. The normalized spacial score (nSPS) is 10.9. The minimum Gasteiger partial charge on any atom is -0.494 e. The lowest BCUT2D eigenvalue weighted by atomic mass is 10.1. The van der Waals surface area contributed by atoms with Crippen LogP contribution in [0, 0.1) is 0 Å². The number of hydrogen-bond donors (Lipinski definition) is 1. The van der Waals surface area contributed by atoms with Crippen molar-refractivity contribution in [3.63, 3.8) is 0 Å². The Labute approximate surface area is 113 Å². The molecule has 18 heavy (non-hydrogen) atoms. The lowest BCUT2D eigenvalue weighted by Crippen LogP contribution is -1.97. The molecule has 0 saturated heterocycles. The molecule has 0 amide bonds. The number of hydrogen-bond acceptors (Lipinski definition) is 2.